The van der Waals surface area contributed by atoms with Crippen molar-refractivity contribution in [3.63, 3.8) is 0 Å². The Labute approximate surface area is 186 Å². The van der Waals surface area contributed by atoms with Crippen molar-refractivity contribution in [3.8, 4) is 5.75 Å². The quantitative estimate of drug-likeness (QED) is 0.709. The van der Waals surface area contributed by atoms with Crippen LogP contribution in [0.2, 0.25) is 0 Å². The molecule has 1 N–H and O–H groups in total. The van der Waals surface area contributed by atoms with Crippen molar-refractivity contribution in [2.45, 2.75) is 38.2 Å². The summed E-state index contributed by atoms with van der Waals surface area (Å²) < 4.78 is 25.0. The molecule has 4 rings (SSSR count). The van der Waals surface area contributed by atoms with Crippen LogP contribution in [0.1, 0.15) is 43.2 Å². The maximum absolute atomic E-state index is 13.6. The molecule has 0 aliphatic carbocycles. The number of morpholine rings is 1. The number of carbonyl (C=O) groups is 2. The number of likely N-dealkylation sites (tertiary alicyclic amines) is 1. The summed E-state index contributed by atoms with van der Waals surface area (Å²) in [5.41, 5.74) is 1.56. The Hall–Kier alpha value is -2.94. The van der Waals surface area contributed by atoms with E-state index in [1.807, 2.05) is 6.07 Å². The molecule has 3 heterocycles. The third-order valence-corrected chi connectivity index (χ3v) is 5.86. The number of amides is 2. The highest BCUT2D eigenvalue weighted by Crippen LogP contribution is 2.22. The monoisotopic (exact) mass is 444 g/mol. The first-order valence-corrected chi connectivity index (χ1v) is 11.2. The van der Waals surface area contributed by atoms with Gasteiger partial charge in [0, 0.05) is 31.6 Å². The summed E-state index contributed by atoms with van der Waals surface area (Å²) in [6.45, 7) is 2.41. The second-order valence-electron chi connectivity index (χ2n) is 8.17. The summed E-state index contributed by atoms with van der Waals surface area (Å²) in [5, 5.41) is 7.30. The van der Waals surface area contributed by atoms with Gasteiger partial charge in [-0.25, -0.2) is 4.39 Å². The fraction of sp³-hybridized carbons (Fsp3) is 0.522. The number of halogens is 1. The van der Waals surface area contributed by atoms with Gasteiger partial charge in [0.25, 0.3) is 0 Å². The maximum atomic E-state index is 13.6. The van der Waals surface area contributed by atoms with Crippen LogP contribution in [0, 0.1) is 5.82 Å². The van der Waals surface area contributed by atoms with Gasteiger partial charge in [-0.2, -0.15) is 5.10 Å². The number of carbonyl (C=O) groups excluding carboxylic acids is 2. The number of H-pyrrole nitrogens is 1. The number of benzene rings is 1. The van der Waals surface area contributed by atoms with Crippen LogP contribution in [0.5, 0.6) is 5.75 Å². The van der Waals surface area contributed by atoms with Crippen molar-refractivity contribution in [3.05, 3.63) is 47.5 Å². The SMILES string of the molecule is O=C1CCCCCN1CC(=O)N1CCOC(c2cc(CCOc3ccccc3F)[nH]n2)C1. The van der Waals surface area contributed by atoms with E-state index in [-0.39, 0.29) is 36.0 Å². The number of nitrogens with one attached hydrogen (secondary N) is 1. The first-order chi connectivity index (χ1) is 15.6. The molecule has 2 saturated heterocycles. The number of aromatic nitrogens is 2. The number of hydrogen-bond donors (Lipinski definition) is 1. The van der Waals surface area contributed by atoms with Crippen LogP contribution in [0.15, 0.2) is 30.3 Å². The Kier molecular flexibility index (Phi) is 7.36. The molecule has 2 amide bonds. The van der Waals surface area contributed by atoms with Crippen molar-refractivity contribution in [2.75, 3.05) is 39.4 Å². The average Bonchev–Trinajstić information content (AvgIpc) is 3.19. The summed E-state index contributed by atoms with van der Waals surface area (Å²) >= 11 is 0. The van der Waals surface area contributed by atoms with Crippen LogP contribution < -0.4 is 4.74 Å². The summed E-state index contributed by atoms with van der Waals surface area (Å²) in [5.74, 6) is -0.155. The van der Waals surface area contributed by atoms with Gasteiger partial charge in [-0.15, -0.1) is 0 Å². The lowest BCUT2D eigenvalue weighted by Gasteiger charge is -2.33. The van der Waals surface area contributed by atoms with Crippen molar-refractivity contribution in [2.24, 2.45) is 0 Å². The molecule has 2 aliphatic rings. The van der Waals surface area contributed by atoms with E-state index in [2.05, 4.69) is 10.2 Å². The molecule has 2 aliphatic heterocycles. The maximum Gasteiger partial charge on any atom is 0.242 e. The molecule has 1 aromatic carbocycles. The van der Waals surface area contributed by atoms with Crippen molar-refractivity contribution >= 4 is 11.8 Å². The zero-order chi connectivity index (χ0) is 22.3. The lowest BCUT2D eigenvalue weighted by Crippen LogP contribution is -2.47. The molecule has 1 aromatic heterocycles. The Morgan fingerprint density at radius 1 is 1.25 bits per heavy atom. The lowest BCUT2D eigenvalue weighted by molar-refractivity contribution is -0.145. The molecule has 2 aromatic rings. The summed E-state index contributed by atoms with van der Waals surface area (Å²) in [6, 6.07) is 8.19. The summed E-state index contributed by atoms with van der Waals surface area (Å²) in [7, 11) is 0. The highest BCUT2D eigenvalue weighted by atomic mass is 19.1. The van der Waals surface area contributed by atoms with Crippen LogP contribution in [0.4, 0.5) is 4.39 Å². The Morgan fingerprint density at radius 3 is 3.00 bits per heavy atom. The molecule has 1 atom stereocenters. The number of nitrogens with zero attached hydrogens (tertiary/aromatic N) is 3. The fourth-order valence-electron chi connectivity index (χ4n) is 4.03. The minimum Gasteiger partial charge on any atom is -0.490 e. The van der Waals surface area contributed by atoms with E-state index in [1.54, 1.807) is 28.0 Å². The lowest BCUT2D eigenvalue weighted by atomic mass is 10.2. The molecule has 0 spiro atoms. The van der Waals surface area contributed by atoms with E-state index in [9.17, 15) is 14.0 Å². The predicted molar refractivity (Wildman–Crippen MR) is 115 cm³/mol. The molecule has 32 heavy (non-hydrogen) atoms. The fourth-order valence-corrected chi connectivity index (χ4v) is 4.03. The molecule has 1 unspecified atom stereocenters. The van der Waals surface area contributed by atoms with E-state index < -0.39 is 0 Å². The van der Waals surface area contributed by atoms with Crippen molar-refractivity contribution < 1.29 is 23.5 Å². The van der Waals surface area contributed by atoms with Gasteiger partial charge in [-0.3, -0.25) is 14.7 Å². The Morgan fingerprint density at radius 2 is 2.12 bits per heavy atom. The first-order valence-electron chi connectivity index (χ1n) is 11.2. The van der Waals surface area contributed by atoms with Crippen LogP contribution in [-0.2, 0) is 20.7 Å². The van der Waals surface area contributed by atoms with E-state index in [1.165, 1.54) is 6.07 Å². The zero-order valence-corrected chi connectivity index (χ0v) is 18.1. The smallest absolute Gasteiger partial charge is 0.242 e. The highest BCUT2D eigenvalue weighted by Gasteiger charge is 2.29. The molecule has 0 bridgehead atoms. The van der Waals surface area contributed by atoms with E-state index in [4.69, 9.17) is 9.47 Å². The molecular weight excluding hydrogens is 415 g/mol. The van der Waals surface area contributed by atoms with Gasteiger partial charge >= 0.3 is 0 Å². The molecular formula is C23H29FN4O4. The molecule has 0 saturated carbocycles. The summed E-state index contributed by atoms with van der Waals surface area (Å²) in [4.78, 5) is 28.4. The number of aromatic amines is 1. The second-order valence-corrected chi connectivity index (χ2v) is 8.17. The molecule has 172 valence electrons. The van der Waals surface area contributed by atoms with Crippen LogP contribution >= 0.6 is 0 Å². The average molecular weight is 445 g/mol. The normalized spacial score (nSPS) is 19.7. The van der Waals surface area contributed by atoms with Gasteiger partial charge in [-0.05, 0) is 31.0 Å². The van der Waals surface area contributed by atoms with E-state index >= 15 is 0 Å². The molecule has 2 fully saturated rings. The second kappa shape index (κ2) is 10.6. The van der Waals surface area contributed by atoms with Gasteiger partial charge < -0.3 is 19.3 Å². The van der Waals surface area contributed by atoms with Crippen molar-refractivity contribution in [1.82, 2.24) is 20.0 Å². The zero-order valence-electron chi connectivity index (χ0n) is 18.1. The minimum atomic E-state index is -0.389. The first kappa shape index (κ1) is 22.3. The number of ether oxygens (including phenoxy) is 2. The molecule has 8 nitrogen and oxygen atoms in total. The Balaban J connectivity index is 1.28. The number of hydrogen-bond acceptors (Lipinski definition) is 5. The van der Waals surface area contributed by atoms with E-state index in [0.29, 0.717) is 51.4 Å². The van der Waals surface area contributed by atoms with Crippen LogP contribution in [-0.4, -0.2) is 71.2 Å². The van der Waals surface area contributed by atoms with Gasteiger partial charge in [-0.1, -0.05) is 18.6 Å². The third kappa shape index (κ3) is 5.64. The van der Waals surface area contributed by atoms with E-state index in [0.717, 1.165) is 25.0 Å². The topological polar surface area (TPSA) is 87.8 Å². The molecule has 0 radical (unpaired) electrons. The van der Waals surface area contributed by atoms with Gasteiger partial charge in [0.2, 0.25) is 11.8 Å². The van der Waals surface area contributed by atoms with Gasteiger partial charge in [0.05, 0.1) is 32.0 Å². The number of rotatable bonds is 7. The standard InChI is InChI=1S/C23H29FN4O4/c24-18-6-3-4-7-20(18)31-12-9-17-14-19(26-25-17)21-15-28(11-13-32-21)23(30)16-27-10-5-1-2-8-22(27)29/h3-4,6-7,14,21H,1-2,5,8-13,15-16H2,(H,25,26). The predicted octanol–water partition coefficient (Wildman–Crippen LogP) is 2.47. The third-order valence-electron chi connectivity index (χ3n) is 5.86. The molecule has 9 heteroatoms. The van der Waals surface area contributed by atoms with Gasteiger partial charge in [0.15, 0.2) is 11.6 Å². The largest absolute Gasteiger partial charge is 0.490 e. The van der Waals surface area contributed by atoms with Crippen molar-refractivity contribution in [1.29, 1.82) is 0 Å². The van der Waals surface area contributed by atoms with Crippen LogP contribution in [0.3, 0.4) is 0 Å². The number of para-hydroxylation sites is 1. The van der Waals surface area contributed by atoms with Gasteiger partial charge in [0.1, 0.15) is 6.10 Å². The Bertz CT molecular complexity index is 934. The minimum absolute atomic E-state index is 0.0532. The highest BCUT2D eigenvalue weighted by molar-refractivity contribution is 5.85. The van der Waals surface area contributed by atoms with Crippen LogP contribution in [0.25, 0.3) is 0 Å². The summed E-state index contributed by atoms with van der Waals surface area (Å²) in [6.07, 6.45) is 3.61.